The quantitative estimate of drug-likeness (QED) is 0.379. The average molecular weight is 503 g/mol. The number of hydrogen-bond acceptors (Lipinski definition) is 1. The van der Waals surface area contributed by atoms with Crippen LogP contribution in [0.1, 0.15) is 5.56 Å². The van der Waals surface area contributed by atoms with Crippen LogP contribution in [0, 0.1) is 14.1 Å². The Morgan fingerprint density at radius 3 is 1.44 bits per heavy atom. The van der Waals surface area contributed by atoms with Crippen LogP contribution < -0.4 is 4.23 Å². The Balaban J connectivity index is 3.50. The van der Waals surface area contributed by atoms with Crippen molar-refractivity contribution in [2.24, 2.45) is 0 Å². The minimum absolute atomic E-state index is 1.36. The van der Waals surface area contributed by atoms with E-state index in [2.05, 4.69) is 108 Å². The molecule has 0 N–H and O–H groups in total. The van der Waals surface area contributed by atoms with Crippen LogP contribution in [0.4, 0.5) is 5.69 Å². The van der Waals surface area contributed by atoms with Crippen molar-refractivity contribution in [1.29, 1.82) is 0 Å². The number of anilines is 1. The molecule has 0 bridgehead atoms. The second kappa shape index (κ2) is 5.73. The number of benzene rings is 1. The molecule has 0 fully saturated rings. The second-order valence-corrected chi connectivity index (χ2v) is 19.1. The fourth-order valence-electron chi connectivity index (χ4n) is 2.58. The molecule has 5 heteroatoms. The molecule has 0 aromatic heterocycles. The van der Waals surface area contributed by atoms with E-state index in [0.29, 0.717) is 0 Å². The van der Waals surface area contributed by atoms with Crippen molar-refractivity contribution in [2.45, 2.75) is 46.2 Å². The summed E-state index contributed by atoms with van der Waals surface area (Å²) < 4.78 is 5.62. The summed E-state index contributed by atoms with van der Waals surface area (Å²) in [4.78, 5) is 0. The first kappa shape index (κ1) is 17.0. The molecule has 0 aliphatic heterocycles. The maximum atomic E-state index is 2.81. The van der Waals surface area contributed by atoms with E-state index >= 15 is 0 Å². The molecule has 1 rings (SSSR count). The molecule has 0 heterocycles. The minimum atomic E-state index is -1.36. The van der Waals surface area contributed by atoms with Crippen LogP contribution in [0.25, 0.3) is 0 Å². The molecule has 0 amide bonds. The van der Waals surface area contributed by atoms with E-state index in [1.807, 2.05) is 0 Å². The third-order valence-electron chi connectivity index (χ3n) is 2.73. The van der Waals surface area contributed by atoms with Crippen LogP contribution in [-0.4, -0.2) is 16.5 Å². The molecule has 0 spiro atoms. The highest BCUT2D eigenvalue weighted by Crippen LogP contribution is 2.36. The van der Waals surface area contributed by atoms with Gasteiger partial charge in [-0.15, -0.1) is 0 Å². The standard InChI is InChI=1S/C13H23I2NSi2/c1-10-8-11(14)13(12(15)9-10)16(17(2,3)4)18(5,6)7/h8-9H,1-7H3. The van der Waals surface area contributed by atoms with Gasteiger partial charge in [0, 0.05) is 12.8 Å². The molecule has 0 saturated carbocycles. The molecule has 18 heavy (non-hydrogen) atoms. The summed E-state index contributed by atoms with van der Waals surface area (Å²) >= 11 is 5.01. The zero-order valence-electron chi connectivity index (χ0n) is 12.4. The van der Waals surface area contributed by atoms with Gasteiger partial charge in [-0.25, -0.2) is 0 Å². The lowest BCUT2D eigenvalue weighted by Crippen LogP contribution is -2.60. The topological polar surface area (TPSA) is 3.24 Å². The molecule has 0 radical (unpaired) electrons. The number of hydrogen-bond donors (Lipinski definition) is 0. The molecule has 0 saturated heterocycles. The SMILES string of the molecule is Cc1cc(I)c(N([Si](C)(C)C)[Si](C)(C)C)c(I)c1. The molecule has 1 aromatic rings. The van der Waals surface area contributed by atoms with Crippen molar-refractivity contribution in [3.8, 4) is 0 Å². The normalized spacial score (nSPS) is 12.7. The van der Waals surface area contributed by atoms with E-state index in [1.165, 1.54) is 18.4 Å². The van der Waals surface area contributed by atoms with E-state index in [9.17, 15) is 0 Å². The smallest absolute Gasteiger partial charge is 0.138 e. The fraction of sp³-hybridized carbons (Fsp3) is 0.538. The molecular formula is C13H23I2NSi2. The fourth-order valence-corrected chi connectivity index (χ4v) is 15.9. The van der Waals surface area contributed by atoms with Crippen molar-refractivity contribution in [3.05, 3.63) is 24.8 Å². The minimum Gasteiger partial charge on any atom is -0.423 e. The molecule has 0 aliphatic rings. The Bertz CT molecular complexity index is 410. The van der Waals surface area contributed by atoms with Crippen molar-refractivity contribution in [1.82, 2.24) is 0 Å². The first-order valence-electron chi connectivity index (χ1n) is 6.20. The number of halogens is 2. The lowest BCUT2D eigenvalue weighted by Gasteiger charge is -2.47. The summed E-state index contributed by atoms with van der Waals surface area (Å²) in [6, 6.07) is 4.62. The summed E-state index contributed by atoms with van der Waals surface area (Å²) in [5, 5.41) is 0. The highest BCUT2D eigenvalue weighted by molar-refractivity contribution is 14.1. The third kappa shape index (κ3) is 3.95. The maximum Gasteiger partial charge on any atom is 0.138 e. The lowest BCUT2D eigenvalue weighted by molar-refractivity contribution is 1.30. The van der Waals surface area contributed by atoms with Crippen molar-refractivity contribution in [3.63, 3.8) is 0 Å². The Morgan fingerprint density at radius 1 is 0.833 bits per heavy atom. The van der Waals surface area contributed by atoms with Crippen LogP contribution in [0.2, 0.25) is 39.3 Å². The largest absolute Gasteiger partial charge is 0.423 e. The van der Waals surface area contributed by atoms with Crippen LogP contribution in [0.3, 0.4) is 0 Å². The molecular weight excluding hydrogens is 480 g/mol. The van der Waals surface area contributed by atoms with Crippen LogP contribution in [-0.2, 0) is 0 Å². The van der Waals surface area contributed by atoms with Gasteiger partial charge in [-0.2, -0.15) is 0 Å². The van der Waals surface area contributed by atoms with Gasteiger partial charge in [-0.1, -0.05) is 39.3 Å². The van der Waals surface area contributed by atoms with Gasteiger partial charge >= 0.3 is 0 Å². The summed E-state index contributed by atoms with van der Waals surface area (Å²) in [5.41, 5.74) is 2.85. The maximum absolute atomic E-state index is 2.81. The number of aryl methyl sites for hydroxylation is 1. The monoisotopic (exact) mass is 503 g/mol. The zero-order valence-corrected chi connectivity index (χ0v) is 18.7. The molecule has 1 nitrogen and oxygen atoms in total. The van der Waals surface area contributed by atoms with E-state index < -0.39 is 16.5 Å². The summed E-state index contributed by atoms with van der Waals surface area (Å²) in [6.07, 6.45) is 0. The van der Waals surface area contributed by atoms with Crippen LogP contribution >= 0.6 is 45.2 Å². The molecule has 0 aliphatic carbocycles. The van der Waals surface area contributed by atoms with Gasteiger partial charge in [-0.05, 0) is 69.8 Å². The van der Waals surface area contributed by atoms with Crippen molar-refractivity contribution in [2.75, 3.05) is 4.23 Å². The lowest BCUT2D eigenvalue weighted by atomic mass is 10.2. The average Bonchev–Trinajstić information content (AvgIpc) is 2.06. The third-order valence-corrected chi connectivity index (χ3v) is 11.5. The molecule has 0 unspecified atom stereocenters. The predicted molar refractivity (Wildman–Crippen MR) is 106 cm³/mol. The molecule has 0 atom stereocenters. The molecule has 102 valence electrons. The Kier molecular flexibility index (Phi) is 5.40. The van der Waals surface area contributed by atoms with Gasteiger partial charge in [0.1, 0.15) is 16.5 Å². The van der Waals surface area contributed by atoms with Gasteiger partial charge in [0.2, 0.25) is 0 Å². The van der Waals surface area contributed by atoms with Crippen molar-refractivity contribution >= 4 is 67.3 Å². The molecule has 1 aromatic carbocycles. The first-order valence-corrected chi connectivity index (χ1v) is 15.3. The predicted octanol–water partition coefficient (Wildman–Crippen LogP) is 5.68. The van der Waals surface area contributed by atoms with Gasteiger partial charge in [-0.3, -0.25) is 0 Å². The Morgan fingerprint density at radius 2 is 1.17 bits per heavy atom. The van der Waals surface area contributed by atoms with E-state index in [-0.39, 0.29) is 0 Å². The van der Waals surface area contributed by atoms with E-state index in [4.69, 9.17) is 0 Å². The highest BCUT2D eigenvalue weighted by Gasteiger charge is 2.36. The second-order valence-electron chi connectivity index (χ2n) is 6.75. The van der Waals surface area contributed by atoms with Crippen LogP contribution in [0.5, 0.6) is 0 Å². The Hall–Kier alpha value is 0.914. The number of nitrogens with zero attached hydrogens (tertiary/aromatic N) is 1. The summed E-state index contributed by atoms with van der Waals surface area (Å²) in [5.74, 6) is 0. The van der Waals surface area contributed by atoms with Gasteiger partial charge in [0.25, 0.3) is 0 Å². The van der Waals surface area contributed by atoms with Gasteiger partial charge in [0.05, 0.1) is 0 Å². The number of rotatable bonds is 3. The van der Waals surface area contributed by atoms with E-state index in [1.54, 1.807) is 0 Å². The van der Waals surface area contributed by atoms with Gasteiger partial charge < -0.3 is 4.23 Å². The van der Waals surface area contributed by atoms with Crippen molar-refractivity contribution < 1.29 is 0 Å². The van der Waals surface area contributed by atoms with E-state index in [0.717, 1.165) is 0 Å². The van der Waals surface area contributed by atoms with Gasteiger partial charge in [0.15, 0.2) is 0 Å². The van der Waals surface area contributed by atoms with Crippen LogP contribution in [0.15, 0.2) is 12.1 Å². The summed E-state index contributed by atoms with van der Waals surface area (Å²) in [7, 11) is -2.72. The first-order chi connectivity index (χ1) is 7.94. The zero-order chi connectivity index (χ0) is 14.3. The highest BCUT2D eigenvalue weighted by atomic mass is 127. The Labute approximate surface area is 141 Å². The summed E-state index contributed by atoms with van der Waals surface area (Å²) in [6.45, 7) is 16.9.